The lowest BCUT2D eigenvalue weighted by Crippen LogP contribution is -2.52. The van der Waals surface area contributed by atoms with E-state index in [1.54, 1.807) is 29.6 Å². The van der Waals surface area contributed by atoms with E-state index in [0.717, 1.165) is 15.6 Å². The summed E-state index contributed by atoms with van der Waals surface area (Å²) in [5.41, 5.74) is 0.416. The maximum Gasteiger partial charge on any atom is 0.287 e. The molecule has 0 aliphatic carbocycles. The number of benzene rings is 1. The van der Waals surface area contributed by atoms with Crippen LogP contribution in [0.4, 0.5) is 0 Å². The number of furan rings is 1. The van der Waals surface area contributed by atoms with Crippen LogP contribution in [0.15, 0.2) is 44.3 Å². The molecule has 11 nitrogen and oxygen atoms in total. The van der Waals surface area contributed by atoms with Crippen molar-refractivity contribution in [3.8, 4) is 11.5 Å². The van der Waals surface area contributed by atoms with Crippen LogP contribution in [0.3, 0.4) is 0 Å². The standard InChI is InChI=1S/C27H33N3O8S2/c1-16(2)11-19(29-27(33)24-13-17-12-22(36-3)23(37-4)14-21(17)38-24)26(32)28-18-7-5-9-30(15-20(18)31)40(34,35)25-8-6-10-39-25/h6,8,10,12-14,16,18-19H,5,7,9,11,15H2,1-4H3,(H,28,32)(H,29,33)/t18-,19?/m0/s1. The van der Waals surface area contributed by atoms with Gasteiger partial charge < -0.3 is 24.5 Å². The highest BCUT2D eigenvalue weighted by Gasteiger charge is 2.35. The number of hydrogen-bond acceptors (Lipinski definition) is 9. The number of ether oxygens (including phenoxy) is 2. The highest BCUT2D eigenvalue weighted by Crippen LogP contribution is 2.33. The third kappa shape index (κ3) is 6.48. The van der Waals surface area contributed by atoms with Crippen molar-refractivity contribution in [2.75, 3.05) is 27.3 Å². The summed E-state index contributed by atoms with van der Waals surface area (Å²) in [6, 6.07) is 6.19. The second-order valence-corrected chi connectivity index (χ2v) is 13.1. The fourth-order valence-electron chi connectivity index (χ4n) is 4.57. The van der Waals surface area contributed by atoms with E-state index >= 15 is 0 Å². The van der Waals surface area contributed by atoms with Crippen LogP contribution in [0.25, 0.3) is 11.0 Å². The molecular weight excluding hydrogens is 558 g/mol. The number of thiophene rings is 1. The zero-order valence-corrected chi connectivity index (χ0v) is 24.4. The van der Waals surface area contributed by atoms with Crippen molar-refractivity contribution in [3.63, 3.8) is 0 Å². The molecule has 13 heteroatoms. The third-order valence-corrected chi connectivity index (χ3v) is 9.82. The normalized spacial score (nSPS) is 17.4. The molecule has 1 aliphatic heterocycles. The van der Waals surface area contributed by atoms with Gasteiger partial charge >= 0.3 is 0 Å². The first-order valence-electron chi connectivity index (χ1n) is 12.9. The summed E-state index contributed by atoms with van der Waals surface area (Å²) in [5.74, 6) is -0.522. The summed E-state index contributed by atoms with van der Waals surface area (Å²) in [7, 11) is -0.790. The van der Waals surface area contributed by atoms with Gasteiger partial charge in [-0.25, -0.2) is 8.42 Å². The lowest BCUT2D eigenvalue weighted by molar-refractivity contribution is -0.129. The summed E-state index contributed by atoms with van der Waals surface area (Å²) in [6.07, 6.45) is 1.00. The zero-order chi connectivity index (χ0) is 29.0. The SMILES string of the molecule is COc1cc2cc(C(=O)NC(CC(C)C)C(=O)N[C@H]3CCCN(S(=O)(=O)c4cccs4)CC3=O)oc2cc1OC. The smallest absolute Gasteiger partial charge is 0.287 e. The van der Waals surface area contributed by atoms with E-state index in [9.17, 15) is 22.8 Å². The molecule has 2 N–H and O–H groups in total. The van der Waals surface area contributed by atoms with E-state index in [1.807, 2.05) is 13.8 Å². The zero-order valence-electron chi connectivity index (χ0n) is 22.8. The first-order chi connectivity index (χ1) is 19.0. The first-order valence-corrected chi connectivity index (χ1v) is 15.2. The molecule has 0 saturated carbocycles. The van der Waals surface area contributed by atoms with Gasteiger partial charge in [-0.2, -0.15) is 4.31 Å². The van der Waals surface area contributed by atoms with Crippen molar-refractivity contribution in [2.45, 2.75) is 49.4 Å². The van der Waals surface area contributed by atoms with Crippen LogP contribution in [-0.2, 0) is 19.6 Å². The van der Waals surface area contributed by atoms with Gasteiger partial charge in [-0.05, 0) is 48.8 Å². The van der Waals surface area contributed by atoms with Gasteiger partial charge in [0.25, 0.3) is 15.9 Å². The highest BCUT2D eigenvalue weighted by atomic mass is 32.2. The Morgan fingerprint density at radius 3 is 2.55 bits per heavy atom. The van der Waals surface area contributed by atoms with Gasteiger partial charge in [0.15, 0.2) is 23.0 Å². The second-order valence-electron chi connectivity index (χ2n) is 9.95. The van der Waals surface area contributed by atoms with Gasteiger partial charge in [0.1, 0.15) is 15.8 Å². The van der Waals surface area contributed by atoms with Gasteiger partial charge in [0.05, 0.1) is 26.8 Å². The van der Waals surface area contributed by atoms with Crippen molar-refractivity contribution in [1.82, 2.24) is 14.9 Å². The minimum absolute atomic E-state index is 0.00632. The van der Waals surface area contributed by atoms with Gasteiger partial charge in [0.2, 0.25) is 5.91 Å². The van der Waals surface area contributed by atoms with Crippen molar-refractivity contribution in [3.05, 3.63) is 41.5 Å². The number of sulfonamides is 1. The largest absolute Gasteiger partial charge is 0.493 e. The number of fused-ring (bicyclic) bond motifs is 1. The topological polar surface area (TPSA) is 144 Å². The van der Waals surface area contributed by atoms with Crippen LogP contribution in [-0.4, -0.2) is 69.7 Å². The molecule has 1 fully saturated rings. The number of carbonyl (C=O) groups excluding carboxylic acids is 3. The van der Waals surface area contributed by atoms with Crippen molar-refractivity contribution in [1.29, 1.82) is 0 Å². The Bertz CT molecular complexity index is 1440. The van der Waals surface area contributed by atoms with Gasteiger partial charge in [-0.3, -0.25) is 14.4 Å². The Morgan fingerprint density at radius 2 is 1.90 bits per heavy atom. The third-order valence-electron chi connectivity index (χ3n) is 6.60. The van der Waals surface area contributed by atoms with Crippen LogP contribution in [0.1, 0.15) is 43.7 Å². The van der Waals surface area contributed by atoms with Crippen LogP contribution >= 0.6 is 11.3 Å². The van der Waals surface area contributed by atoms with E-state index in [1.165, 1.54) is 20.3 Å². The molecule has 2 aromatic heterocycles. The molecule has 4 rings (SSSR count). The Morgan fingerprint density at radius 1 is 1.18 bits per heavy atom. The number of ketones is 1. The molecule has 0 radical (unpaired) electrons. The Balaban J connectivity index is 1.46. The molecule has 40 heavy (non-hydrogen) atoms. The fourth-order valence-corrected chi connectivity index (χ4v) is 7.16. The minimum atomic E-state index is -3.79. The number of rotatable bonds is 10. The number of methoxy groups -OCH3 is 2. The van der Waals surface area contributed by atoms with Gasteiger partial charge in [-0.15, -0.1) is 11.3 Å². The molecule has 1 unspecified atom stereocenters. The van der Waals surface area contributed by atoms with E-state index in [4.69, 9.17) is 13.9 Å². The van der Waals surface area contributed by atoms with Crippen molar-refractivity contribution < 1.29 is 36.7 Å². The maximum absolute atomic E-state index is 13.3. The Labute approximate surface area is 236 Å². The molecule has 1 aliphatic rings. The van der Waals surface area contributed by atoms with E-state index in [0.29, 0.717) is 35.3 Å². The van der Waals surface area contributed by atoms with Crippen LogP contribution in [0, 0.1) is 5.92 Å². The molecule has 2 amide bonds. The lowest BCUT2D eigenvalue weighted by Gasteiger charge is -2.23. The number of carbonyl (C=O) groups is 3. The molecule has 3 aromatic rings. The number of Topliss-reactive ketones (excluding diaryl/α,β-unsaturated/α-hetero) is 1. The molecule has 3 heterocycles. The average Bonchev–Trinajstić information content (AvgIpc) is 3.57. The summed E-state index contributed by atoms with van der Waals surface area (Å²) < 4.78 is 43.5. The Hall–Kier alpha value is -3.42. The summed E-state index contributed by atoms with van der Waals surface area (Å²) in [4.78, 5) is 39.4. The molecule has 0 bridgehead atoms. The predicted octanol–water partition coefficient (Wildman–Crippen LogP) is 3.19. The maximum atomic E-state index is 13.3. The van der Waals surface area contributed by atoms with Crippen LogP contribution in [0.5, 0.6) is 11.5 Å². The van der Waals surface area contributed by atoms with Crippen molar-refractivity contribution in [2.24, 2.45) is 5.92 Å². The lowest BCUT2D eigenvalue weighted by atomic mass is 10.0. The molecule has 1 saturated heterocycles. The van der Waals surface area contributed by atoms with E-state index in [2.05, 4.69) is 10.6 Å². The number of nitrogens with zero attached hydrogens (tertiary/aromatic N) is 1. The minimum Gasteiger partial charge on any atom is -0.493 e. The quantitative estimate of drug-likeness (QED) is 0.366. The van der Waals surface area contributed by atoms with Crippen molar-refractivity contribution >= 4 is 49.9 Å². The van der Waals surface area contributed by atoms with Crippen LogP contribution < -0.4 is 20.1 Å². The molecule has 216 valence electrons. The molecular formula is C27H33N3O8S2. The Kier molecular flexibility index (Phi) is 9.16. The number of nitrogens with one attached hydrogen (secondary N) is 2. The number of hydrogen-bond donors (Lipinski definition) is 2. The molecule has 0 spiro atoms. The van der Waals surface area contributed by atoms with Gasteiger partial charge in [0, 0.05) is 18.0 Å². The first kappa shape index (κ1) is 29.6. The highest BCUT2D eigenvalue weighted by molar-refractivity contribution is 7.91. The summed E-state index contributed by atoms with van der Waals surface area (Å²) in [5, 5.41) is 7.77. The number of amides is 2. The summed E-state index contributed by atoms with van der Waals surface area (Å²) in [6.45, 7) is 3.66. The van der Waals surface area contributed by atoms with E-state index in [-0.39, 0.29) is 35.4 Å². The predicted molar refractivity (Wildman–Crippen MR) is 149 cm³/mol. The van der Waals surface area contributed by atoms with E-state index < -0.39 is 39.7 Å². The fraction of sp³-hybridized carbons (Fsp3) is 0.444. The van der Waals surface area contributed by atoms with Crippen LogP contribution in [0.2, 0.25) is 0 Å². The monoisotopic (exact) mass is 591 g/mol. The molecule has 1 aromatic carbocycles. The summed E-state index contributed by atoms with van der Waals surface area (Å²) >= 11 is 1.09. The van der Waals surface area contributed by atoms with Gasteiger partial charge in [-0.1, -0.05) is 19.9 Å². The molecule has 2 atom stereocenters. The second kappa shape index (κ2) is 12.4. The average molecular weight is 592 g/mol.